The normalized spacial score (nSPS) is 13.5. The molecule has 0 saturated heterocycles. The lowest BCUT2D eigenvalue weighted by molar-refractivity contribution is 0.0690. The average Bonchev–Trinajstić information content (AvgIpc) is 3.08. The van der Waals surface area contributed by atoms with Crippen molar-refractivity contribution in [1.29, 1.82) is 0 Å². The minimum atomic E-state index is -1.09. The van der Waals surface area contributed by atoms with Gasteiger partial charge in [-0.25, -0.2) is 14.2 Å². The molecule has 0 saturated carbocycles. The number of phenols is 1. The molecule has 1 heterocycles. The van der Waals surface area contributed by atoms with Gasteiger partial charge in [0.15, 0.2) is 0 Å². The summed E-state index contributed by atoms with van der Waals surface area (Å²) < 4.78 is 13.5. The van der Waals surface area contributed by atoms with Gasteiger partial charge in [0.1, 0.15) is 17.3 Å². The third-order valence-corrected chi connectivity index (χ3v) is 3.78. The van der Waals surface area contributed by atoms with E-state index in [4.69, 9.17) is 5.11 Å². The van der Waals surface area contributed by atoms with Crippen molar-refractivity contribution >= 4 is 17.1 Å². The van der Waals surface area contributed by atoms with Gasteiger partial charge in [-0.3, -0.25) is 0 Å². The number of carboxylic acid groups (broad SMARTS) is 1. The summed E-state index contributed by atoms with van der Waals surface area (Å²) in [5.41, 5.74) is 2.68. The van der Waals surface area contributed by atoms with E-state index in [0.717, 1.165) is 24.0 Å². The molecule has 3 rings (SSSR count). The molecule has 0 unspecified atom stereocenters. The molecule has 2 aromatic rings. The number of aromatic carboxylic acids is 1. The number of rotatable bonds is 3. The molecule has 0 fully saturated rings. The molecule has 126 valence electrons. The van der Waals surface area contributed by atoms with Crippen molar-refractivity contribution in [2.75, 3.05) is 0 Å². The highest BCUT2D eigenvalue weighted by Crippen LogP contribution is 2.42. The maximum Gasteiger partial charge on any atom is 0.354 e. The molecule has 1 aliphatic carbocycles. The Kier molecular flexibility index (Phi) is 5.68. The first-order chi connectivity index (χ1) is 11.6. The van der Waals surface area contributed by atoms with Gasteiger partial charge in [0.25, 0.3) is 0 Å². The molecule has 0 atom stereocenters. The Morgan fingerprint density at radius 2 is 1.83 bits per heavy atom. The number of hydrogen-bond donors (Lipinski definition) is 2. The summed E-state index contributed by atoms with van der Waals surface area (Å²) in [7, 11) is 0. The molecule has 4 nitrogen and oxygen atoms in total. The Labute approximate surface area is 140 Å². The molecule has 1 aromatic heterocycles. The third kappa shape index (κ3) is 3.62. The number of halogens is 1. The number of allylic oxidation sites excluding steroid dienone is 2. The third-order valence-electron chi connectivity index (χ3n) is 3.78. The van der Waals surface area contributed by atoms with Gasteiger partial charge >= 0.3 is 5.97 Å². The van der Waals surface area contributed by atoms with Crippen LogP contribution in [0.1, 0.15) is 54.9 Å². The van der Waals surface area contributed by atoms with Crippen LogP contribution in [-0.4, -0.2) is 21.2 Å². The average molecular weight is 329 g/mol. The van der Waals surface area contributed by atoms with Crippen molar-refractivity contribution in [1.82, 2.24) is 4.98 Å². The first-order valence-corrected chi connectivity index (χ1v) is 7.98. The number of aromatic hydroxyl groups is 1. The van der Waals surface area contributed by atoms with E-state index in [1.54, 1.807) is 12.1 Å². The summed E-state index contributed by atoms with van der Waals surface area (Å²) in [6.45, 7) is 4.00. The Morgan fingerprint density at radius 3 is 2.54 bits per heavy atom. The minimum Gasteiger partial charge on any atom is -0.507 e. The number of carboxylic acids is 1. The van der Waals surface area contributed by atoms with Crippen LogP contribution in [-0.2, 0) is 0 Å². The maximum atomic E-state index is 13.5. The second kappa shape index (κ2) is 7.73. The highest BCUT2D eigenvalue weighted by Gasteiger charge is 2.21. The molecular weight excluding hydrogens is 309 g/mol. The van der Waals surface area contributed by atoms with Gasteiger partial charge in [-0.2, -0.15) is 0 Å². The Bertz CT molecular complexity index is 784. The van der Waals surface area contributed by atoms with Crippen molar-refractivity contribution in [3.8, 4) is 5.75 Å². The Morgan fingerprint density at radius 1 is 1.12 bits per heavy atom. The van der Waals surface area contributed by atoms with Crippen LogP contribution < -0.4 is 0 Å². The standard InChI is InChI=1S/C17H14FNO3.C2H6/c18-10-7-8-16(20)13(9-10)11-3-1-4-12(11)14-5-2-6-15(19-14)17(21)22;1-2/h2,5-9,20H,1,3-4H2,(H,21,22);1-2H3. The van der Waals surface area contributed by atoms with E-state index in [1.165, 1.54) is 24.3 Å². The summed E-state index contributed by atoms with van der Waals surface area (Å²) >= 11 is 0. The predicted molar refractivity (Wildman–Crippen MR) is 91.3 cm³/mol. The lowest BCUT2D eigenvalue weighted by Crippen LogP contribution is -2.02. The van der Waals surface area contributed by atoms with E-state index in [-0.39, 0.29) is 11.4 Å². The molecule has 5 heteroatoms. The molecule has 1 aliphatic rings. The van der Waals surface area contributed by atoms with Gasteiger partial charge in [-0.15, -0.1) is 0 Å². The molecule has 0 radical (unpaired) electrons. The Balaban J connectivity index is 0.00000100. The summed E-state index contributed by atoms with van der Waals surface area (Å²) in [6, 6.07) is 8.65. The van der Waals surface area contributed by atoms with Gasteiger partial charge in [-0.05, 0) is 60.7 Å². The highest BCUT2D eigenvalue weighted by atomic mass is 19.1. The molecule has 24 heavy (non-hydrogen) atoms. The first-order valence-electron chi connectivity index (χ1n) is 7.98. The van der Waals surface area contributed by atoms with Crippen molar-refractivity contribution in [2.45, 2.75) is 33.1 Å². The number of phenolic OH excluding ortho intramolecular Hbond substituents is 1. The summed E-state index contributed by atoms with van der Waals surface area (Å²) in [5.74, 6) is -1.49. The molecule has 1 aromatic carbocycles. The summed E-state index contributed by atoms with van der Waals surface area (Å²) in [4.78, 5) is 15.2. The molecule has 0 aliphatic heterocycles. The second-order valence-corrected chi connectivity index (χ2v) is 5.19. The molecule has 0 amide bonds. The van der Waals surface area contributed by atoms with E-state index in [2.05, 4.69) is 4.98 Å². The SMILES string of the molecule is CC.O=C(O)c1cccc(C2=C(c3cc(F)ccc3O)CCC2)n1. The van der Waals surface area contributed by atoms with E-state index >= 15 is 0 Å². The summed E-state index contributed by atoms with van der Waals surface area (Å²) in [5, 5.41) is 19.0. The zero-order valence-corrected chi connectivity index (χ0v) is 13.7. The minimum absolute atomic E-state index is 0.0187. The fourth-order valence-electron chi connectivity index (χ4n) is 2.80. The van der Waals surface area contributed by atoms with Crippen LogP contribution in [0.4, 0.5) is 4.39 Å². The largest absolute Gasteiger partial charge is 0.507 e. The van der Waals surface area contributed by atoms with Crippen molar-refractivity contribution in [3.05, 3.63) is 59.2 Å². The molecule has 0 bridgehead atoms. The number of pyridine rings is 1. The van der Waals surface area contributed by atoms with Crippen LogP contribution in [0.3, 0.4) is 0 Å². The van der Waals surface area contributed by atoms with Crippen LogP contribution in [0.25, 0.3) is 11.1 Å². The highest BCUT2D eigenvalue weighted by molar-refractivity contribution is 5.94. The van der Waals surface area contributed by atoms with E-state index in [0.29, 0.717) is 17.7 Å². The topological polar surface area (TPSA) is 70.4 Å². The smallest absolute Gasteiger partial charge is 0.354 e. The van der Waals surface area contributed by atoms with Gasteiger partial charge in [0.2, 0.25) is 0 Å². The number of benzene rings is 1. The lowest BCUT2D eigenvalue weighted by Gasteiger charge is -2.10. The maximum absolute atomic E-state index is 13.5. The van der Waals surface area contributed by atoms with E-state index in [9.17, 15) is 14.3 Å². The molecule has 0 spiro atoms. The van der Waals surface area contributed by atoms with Crippen LogP contribution in [0.2, 0.25) is 0 Å². The number of nitrogens with zero attached hydrogens (tertiary/aromatic N) is 1. The quantitative estimate of drug-likeness (QED) is 0.853. The molecular formula is C19H20FNO3. The van der Waals surface area contributed by atoms with Crippen molar-refractivity contribution < 1.29 is 19.4 Å². The van der Waals surface area contributed by atoms with E-state index in [1.807, 2.05) is 13.8 Å². The van der Waals surface area contributed by atoms with Crippen LogP contribution in [0, 0.1) is 5.82 Å². The van der Waals surface area contributed by atoms with Gasteiger partial charge < -0.3 is 10.2 Å². The van der Waals surface area contributed by atoms with Crippen molar-refractivity contribution in [3.63, 3.8) is 0 Å². The fourth-order valence-corrected chi connectivity index (χ4v) is 2.80. The zero-order chi connectivity index (χ0) is 17.7. The zero-order valence-electron chi connectivity index (χ0n) is 13.7. The van der Waals surface area contributed by atoms with Gasteiger partial charge in [0, 0.05) is 5.56 Å². The lowest BCUT2D eigenvalue weighted by atomic mass is 9.99. The van der Waals surface area contributed by atoms with Gasteiger partial charge in [0.05, 0.1) is 5.69 Å². The Hall–Kier alpha value is -2.69. The van der Waals surface area contributed by atoms with Crippen LogP contribution in [0.5, 0.6) is 5.75 Å². The number of aromatic nitrogens is 1. The number of hydrogen-bond acceptors (Lipinski definition) is 3. The molecule has 2 N–H and O–H groups in total. The van der Waals surface area contributed by atoms with Gasteiger partial charge in [-0.1, -0.05) is 19.9 Å². The van der Waals surface area contributed by atoms with E-state index < -0.39 is 11.8 Å². The summed E-state index contributed by atoms with van der Waals surface area (Å²) in [6.07, 6.45) is 2.28. The second-order valence-electron chi connectivity index (χ2n) is 5.19. The van der Waals surface area contributed by atoms with Crippen LogP contribution in [0.15, 0.2) is 36.4 Å². The van der Waals surface area contributed by atoms with Crippen LogP contribution >= 0.6 is 0 Å². The number of carbonyl (C=O) groups is 1. The first kappa shape index (κ1) is 17.7. The van der Waals surface area contributed by atoms with Crippen molar-refractivity contribution in [2.24, 2.45) is 0 Å². The predicted octanol–water partition coefficient (Wildman–Crippen LogP) is 4.75. The fraction of sp³-hybridized carbons (Fsp3) is 0.263. The monoisotopic (exact) mass is 329 g/mol.